The molecule has 2 aromatic rings. The second-order valence-corrected chi connectivity index (χ2v) is 7.55. The Balaban J connectivity index is 1.55. The predicted molar refractivity (Wildman–Crippen MR) is 100 cm³/mol. The first-order valence-corrected chi connectivity index (χ1v) is 9.37. The van der Waals surface area contributed by atoms with Crippen molar-refractivity contribution >= 4 is 29.2 Å². The van der Waals surface area contributed by atoms with Crippen molar-refractivity contribution in [2.24, 2.45) is 5.16 Å². The van der Waals surface area contributed by atoms with E-state index < -0.39 is 17.4 Å². The van der Waals surface area contributed by atoms with E-state index in [9.17, 15) is 14.0 Å². The average Bonchev–Trinajstić information content (AvgIpc) is 3.26. The van der Waals surface area contributed by atoms with Crippen LogP contribution in [0.3, 0.4) is 0 Å². The van der Waals surface area contributed by atoms with Gasteiger partial charge in [-0.15, -0.1) is 0 Å². The van der Waals surface area contributed by atoms with Gasteiger partial charge in [0.25, 0.3) is 5.91 Å². The van der Waals surface area contributed by atoms with E-state index in [2.05, 4.69) is 10.3 Å². The maximum Gasteiger partial charge on any atom is 0.353 e. The molecule has 2 aliphatic rings. The number of hydrogen-bond acceptors (Lipinski definition) is 6. The first kappa shape index (κ1) is 19.4. The van der Waals surface area contributed by atoms with E-state index in [-0.39, 0.29) is 45.6 Å². The van der Waals surface area contributed by atoms with Crippen LogP contribution in [0.25, 0.3) is 11.3 Å². The number of amides is 1. The molecule has 1 aromatic heterocycles. The molecule has 29 heavy (non-hydrogen) atoms. The van der Waals surface area contributed by atoms with Gasteiger partial charge in [-0.2, -0.15) is 0 Å². The van der Waals surface area contributed by atoms with Gasteiger partial charge in [-0.05, 0) is 19.1 Å². The Morgan fingerprint density at radius 3 is 2.66 bits per heavy atom. The highest BCUT2D eigenvalue weighted by molar-refractivity contribution is 6.36. The smallest absolute Gasteiger partial charge is 0.353 e. The molecule has 152 valence electrons. The summed E-state index contributed by atoms with van der Waals surface area (Å²) in [6.07, 6.45) is 1.06. The molecule has 4 rings (SSSR count). The molecule has 1 fully saturated rings. The quantitative estimate of drug-likeness (QED) is 0.815. The van der Waals surface area contributed by atoms with Crippen molar-refractivity contribution in [3.8, 4) is 11.3 Å². The molecule has 8 nitrogen and oxygen atoms in total. The second kappa shape index (κ2) is 7.14. The van der Waals surface area contributed by atoms with Gasteiger partial charge >= 0.3 is 5.97 Å². The third-order valence-corrected chi connectivity index (χ3v) is 5.64. The largest absolute Gasteiger partial charge is 0.477 e. The molecule has 1 saturated heterocycles. The Morgan fingerprint density at radius 1 is 1.31 bits per heavy atom. The number of rotatable bonds is 3. The van der Waals surface area contributed by atoms with Crippen LogP contribution < -0.4 is 0 Å². The Labute approximate surface area is 169 Å². The minimum Gasteiger partial charge on any atom is -0.477 e. The maximum absolute atomic E-state index is 14.4. The van der Waals surface area contributed by atoms with Crippen LogP contribution >= 0.6 is 11.6 Å². The fourth-order valence-corrected chi connectivity index (χ4v) is 3.95. The van der Waals surface area contributed by atoms with Gasteiger partial charge in [0, 0.05) is 32.4 Å². The third kappa shape index (κ3) is 3.35. The summed E-state index contributed by atoms with van der Waals surface area (Å²) in [5, 5.41) is 16.7. The first-order valence-electron chi connectivity index (χ1n) is 8.99. The van der Waals surface area contributed by atoms with Crippen molar-refractivity contribution in [1.82, 2.24) is 10.1 Å². The minimum atomic E-state index is -1.10. The summed E-state index contributed by atoms with van der Waals surface area (Å²) in [4.78, 5) is 31.2. The van der Waals surface area contributed by atoms with Crippen molar-refractivity contribution in [3.05, 3.63) is 40.4 Å². The zero-order valence-corrected chi connectivity index (χ0v) is 16.2. The maximum atomic E-state index is 14.4. The number of oxime groups is 1. The Hall–Kier alpha value is -2.94. The van der Waals surface area contributed by atoms with Crippen molar-refractivity contribution in [1.29, 1.82) is 0 Å². The molecule has 0 bridgehead atoms. The van der Waals surface area contributed by atoms with E-state index in [4.69, 9.17) is 26.1 Å². The fourth-order valence-electron chi connectivity index (χ4n) is 3.70. The molecular formula is C19H17ClFN3O5. The second-order valence-electron chi connectivity index (χ2n) is 7.15. The van der Waals surface area contributed by atoms with Crippen LogP contribution in [0.5, 0.6) is 0 Å². The summed E-state index contributed by atoms with van der Waals surface area (Å²) in [5.41, 5.74) is -0.490. The molecule has 2 aliphatic heterocycles. The van der Waals surface area contributed by atoms with Crippen LogP contribution in [0.4, 0.5) is 4.39 Å². The fraction of sp³-hybridized carbons (Fsp3) is 0.368. The van der Waals surface area contributed by atoms with E-state index in [1.165, 1.54) is 18.2 Å². The molecule has 0 aliphatic carbocycles. The lowest BCUT2D eigenvalue weighted by Crippen LogP contribution is -2.47. The zero-order chi connectivity index (χ0) is 20.8. The number of carbonyl (C=O) groups excluding carboxylic acids is 1. The van der Waals surface area contributed by atoms with Crippen molar-refractivity contribution in [2.75, 3.05) is 13.1 Å². The van der Waals surface area contributed by atoms with Gasteiger partial charge in [-0.25, -0.2) is 9.18 Å². The zero-order valence-electron chi connectivity index (χ0n) is 15.4. The summed E-state index contributed by atoms with van der Waals surface area (Å²) in [6, 6.07) is 4.22. The highest BCUT2D eigenvalue weighted by Gasteiger charge is 2.45. The number of aliphatic carboxylic acids is 1. The molecule has 1 aromatic carbocycles. The molecule has 3 heterocycles. The van der Waals surface area contributed by atoms with E-state index in [1.54, 1.807) is 11.8 Å². The topological polar surface area (TPSA) is 105 Å². The molecule has 1 spiro atoms. The molecule has 0 saturated carbocycles. The van der Waals surface area contributed by atoms with Crippen molar-refractivity contribution in [2.45, 2.75) is 31.8 Å². The average molecular weight is 422 g/mol. The third-order valence-electron chi connectivity index (χ3n) is 5.32. The van der Waals surface area contributed by atoms with Crippen LogP contribution in [0.1, 0.15) is 35.4 Å². The lowest BCUT2D eigenvalue weighted by Gasteiger charge is -2.37. The molecule has 1 amide bonds. The van der Waals surface area contributed by atoms with Crippen molar-refractivity contribution in [3.63, 3.8) is 0 Å². The van der Waals surface area contributed by atoms with Gasteiger partial charge in [0.2, 0.25) is 0 Å². The van der Waals surface area contributed by atoms with E-state index >= 15 is 0 Å². The number of halogens is 2. The number of benzene rings is 1. The number of likely N-dealkylation sites (tertiary alicyclic amines) is 1. The van der Waals surface area contributed by atoms with E-state index in [0.717, 1.165) is 0 Å². The summed E-state index contributed by atoms with van der Waals surface area (Å²) in [5.74, 6) is -1.80. The SMILES string of the molecule is Cc1onc(-c2c(F)cccc2Cl)c1C(=O)N1CCC2(CC1)CC(C(=O)O)=NO2. The standard InChI is InChI=1S/C19H17ClFN3O5/c1-10-14(16(23-28-10)15-11(20)3-2-4-12(15)21)17(25)24-7-5-19(6-8-24)9-13(18(26)27)22-29-19/h2-4H,5-9H2,1H3,(H,26,27). The van der Waals surface area contributed by atoms with E-state index in [0.29, 0.717) is 25.9 Å². The number of carboxylic acids is 1. The number of carbonyl (C=O) groups is 2. The number of nitrogens with zero attached hydrogens (tertiary/aromatic N) is 3. The molecule has 10 heteroatoms. The molecule has 1 N–H and O–H groups in total. The Kier molecular flexibility index (Phi) is 4.77. The highest BCUT2D eigenvalue weighted by Crippen LogP contribution is 2.37. The number of hydrogen-bond donors (Lipinski definition) is 1. The molecule has 0 radical (unpaired) electrons. The summed E-state index contributed by atoms with van der Waals surface area (Å²) in [7, 11) is 0. The van der Waals surface area contributed by atoms with Gasteiger partial charge in [-0.3, -0.25) is 4.79 Å². The first-order chi connectivity index (χ1) is 13.8. The Morgan fingerprint density at radius 2 is 2.03 bits per heavy atom. The van der Waals surface area contributed by atoms with Gasteiger partial charge < -0.3 is 19.4 Å². The monoisotopic (exact) mass is 421 g/mol. The van der Waals surface area contributed by atoms with Gasteiger partial charge in [0.05, 0.1) is 10.6 Å². The van der Waals surface area contributed by atoms with Crippen molar-refractivity contribution < 1.29 is 28.4 Å². The minimum absolute atomic E-state index is 0.0153. The molecule has 0 unspecified atom stereocenters. The van der Waals surface area contributed by atoms with Gasteiger partial charge in [-0.1, -0.05) is 28.0 Å². The molecular weight excluding hydrogens is 405 g/mol. The van der Waals surface area contributed by atoms with Crippen LogP contribution in [-0.4, -0.2) is 51.4 Å². The summed E-state index contributed by atoms with van der Waals surface area (Å²) >= 11 is 6.13. The lowest BCUT2D eigenvalue weighted by atomic mass is 9.86. The number of piperidine rings is 1. The van der Waals surface area contributed by atoms with E-state index in [1.807, 2.05) is 0 Å². The molecule has 0 atom stereocenters. The number of aromatic nitrogens is 1. The normalized spacial score (nSPS) is 17.9. The van der Waals surface area contributed by atoms with Crippen LogP contribution in [-0.2, 0) is 9.63 Å². The highest BCUT2D eigenvalue weighted by atomic mass is 35.5. The van der Waals surface area contributed by atoms with Gasteiger partial charge in [0.1, 0.15) is 28.4 Å². The summed E-state index contributed by atoms with van der Waals surface area (Å²) in [6.45, 7) is 2.24. The van der Waals surface area contributed by atoms with Crippen LogP contribution in [0.15, 0.2) is 27.9 Å². The number of carboxylic acid groups (broad SMARTS) is 1. The van der Waals surface area contributed by atoms with Crippen LogP contribution in [0, 0.1) is 12.7 Å². The summed E-state index contributed by atoms with van der Waals surface area (Å²) < 4.78 is 19.5. The van der Waals surface area contributed by atoms with Gasteiger partial charge in [0.15, 0.2) is 5.71 Å². The predicted octanol–water partition coefficient (Wildman–Crippen LogP) is 3.28. The number of aryl methyl sites for hydroxylation is 1. The lowest BCUT2D eigenvalue weighted by molar-refractivity contribution is -0.129. The Bertz CT molecular complexity index is 1010. The van der Waals surface area contributed by atoms with Crippen LogP contribution in [0.2, 0.25) is 5.02 Å².